The Morgan fingerprint density at radius 3 is 2.58 bits per heavy atom. The highest BCUT2D eigenvalue weighted by Gasteiger charge is 1.99. The average molecular weight is 184 g/mol. The van der Waals surface area contributed by atoms with Gasteiger partial charge in [0.05, 0.1) is 0 Å². The summed E-state index contributed by atoms with van der Waals surface area (Å²) in [6.45, 7) is 2.09. The van der Waals surface area contributed by atoms with E-state index in [0.717, 1.165) is 17.1 Å². The van der Waals surface area contributed by atoms with E-state index < -0.39 is 0 Å². The molecule has 0 bridgehead atoms. The molecule has 0 amide bonds. The average Bonchev–Trinajstić information content (AvgIpc) is 2.07. The summed E-state index contributed by atoms with van der Waals surface area (Å²) in [7, 11) is 0. The number of aromatic hydroxyl groups is 2. The number of phenols is 2. The molecule has 0 saturated heterocycles. The van der Waals surface area contributed by atoms with Gasteiger partial charge in [-0.3, -0.25) is 0 Å². The van der Waals surface area contributed by atoms with Gasteiger partial charge in [0.25, 0.3) is 0 Å². The maximum Gasteiger partial charge on any atom is 0.157 e. The van der Waals surface area contributed by atoms with Gasteiger partial charge < -0.3 is 10.2 Å². The fraction of sp³-hybridized carbons (Fsp3) is 0.333. The molecule has 0 radical (unpaired) electrons. The molecular formula is C9H12O2S. The van der Waals surface area contributed by atoms with Gasteiger partial charge in [-0.1, -0.05) is 13.0 Å². The number of hydrogen-bond acceptors (Lipinski definition) is 3. The van der Waals surface area contributed by atoms with Crippen molar-refractivity contribution in [1.82, 2.24) is 0 Å². The van der Waals surface area contributed by atoms with Crippen LogP contribution in [0.15, 0.2) is 18.2 Å². The topological polar surface area (TPSA) is 40.5 Å². The minimum Gasteiger partial charge on any atom is -0.504 e. The van der Waals surface area contributed by atoms with Crippen LogP contribution in [0, 0.1) is 0 Å². The van der Waals surface area contributed by atoms with Crippen LogP contribution >= 0.6 is 11.8 Å². The lowest BCUT2D eigenvalue weighted by atomic mass is 10.2. The Kier molecular flexibility index (Phi) is 3.29. The normalized spacial score (nSPS) is 10.1. The van der Waals surface area contributed by atoms with Crippen LogP contribution in [0.25, 0.3) is 0 Å². The van der Waals surface area contributed by atoms with Crippen molar-refractivity contribution in [2.45, 2.75) is 12.7 Å². The quantitative estimate of drug-likeness (QED) is 0.708. The van der Waals surface area contributed by atoms with Crippen LogP contribution in [-0.2, 0) is 5.75 Å². The number of thioether (sulfide) groups is 1. The Hall–Kier alpha value is -0.830. The van der Waals surface area contributed by atoms with Gasteiger partial charge in [0.15, 0.2) is 11.5 Å². The Morgan fingerprint density at radius 2 is 2.00 bits per heavy atom. The first kappa shape index (κ1) is 9.26. The SMILES string of the molecule is CCSCc1ccc(O)c(O)c1. The Balaban J connectivity index is 2.69. The standard InChI is InChI=1S/C9H12O2S/c1-2-12-6-7-3-4-8(10)9(11)5-7/h3-5,10-11H,2,6H2,1H3. The molecule has 66 valence electrons. The maximum atomic E-state index is 9.14. The van der Waals surface area contributed by atoms with Crippen LogP contribution in [0.4, 0.5) is 0 Å². The maximum absolute atomic E-state index is 9.14. The molecule has 0 fully saturated rings. The van der Waals surface area contributed by atoms with Gasteiger partial charge >= 0.3 is 0 Å². The van der Waals surface area contributed by atoms with Gasteiger partial charge in [0.2, 0.25) is 0 Å². The Bertz CT molecular complexity index is 261. The lowest BCUT2D eigenvalue weighted by Gasteiger charge is -2.01. The monoisotopic (exact) mass is 184 g/mol. The summed E-state index contributed by atoms with van der Waals surface area (Å²) >= 11 is 1.78. The number of phenolic OH excluding ortho intramolecular Hbond substituents is 2. The molecule has 0 aliphatic carbocycles. The summed E-state index contributed by atoms with van der Waals surface area (Å²) in [5.41, 5.74) is 1.04. The summed E-state index contributed by atoms with van der Waals surface area (Å²) in [5.74, 6) is 1.84. The molecule has 0 aliphatic rings. The first-order chi connectivity index (χ1) is 5.74. The summed E-state index contributed by atoms with van der Waals surface area (Å²) in [4.78, 5) is 0. The fourth-order valence-electron chi connectivity index (χ4n) is 0.879. The predicted octanol–water partition coefficient (Wildman–Crippen LogP) is 2.35. The van der Waals surface area contributed by atoms with Gasteiger partial charge in [0, 0.05) is 5.75 Å². The molecule has 0 unspecified atom stereocenters. The highest BCUT2D eigenvalue weighted by atomic mass is 32.2. The zero-order valence-corrected chi connectivity index (χ0v) is 7.77. The van der Waals surface area contributed by atoms with E-state index in [9.17, 15) is 0 Å². The molecule has 0 aliphatic heterocycles. The van der Waals surface area contributed by atoms with Crippen LogP contribution in [0.1, 0.15) is 12.5 Å². The van der Waals surface area contributed by atoms with Crippen molar-refractivity contribution in [2.75, 3.05) is 5.75 Å². The molecule has 0 atom stereocenters. The molecule has 0 heterocycles. The minimum absolute atomic E-state index is 0.0378. The smallest absolute Gasteiger partial charge is 0.157 e. The van der Waals surface area contributed by atoms with Crippen LogP contribution in [0.2, 0.25) is 0 Å². The molecule has 1 rings (SSSR count). The molecule has 0 saturated carbocycles. The largest absolute Gasteiger partial charge is 0.504 e. The second-order valence-corrected chi connectivity index (χ2v) is 3.73. The fourth-order valence-corrected chi connectivity index (χ4v) is 1.50. The van der Waals surface area contributed by atoms with Crippen molar-refractivity contribution in [3.63, 3.8) is 0 Å². The van der Waals surface area contributed by atoms with Gasteiger partial charge in [-0.15, -0.1) is 0 Å². The van der Waals surface area contributed by atoms with E-state index in [1.165, 1.54) is 6.07 Å². The first-order valence-corrected chi connectivity index (χ1v) is 4.98. The van der Waals surface area contributed by atoms with Gasteiger partial charge in [-0.2, -0.15) is 11.8 Å². The summed E-state index contributed by atoms with van der Waals surface area (Å²) in [6, 6.07) is 4.93. The van der Waals surface area contributed by atoms with Gasteiger partial charge in [-0.25, -0.2) is 0 Å². The van der Waals surface area contributed by atoms with Crippen LogP contribution in [0.5, 0.6) is 11.5 Å². The molecule has 2 nitrogen and oxygen atoms in total. The minimum atomic E-state index is -0.0553. The zero-order valence-electron chi connectivity index (χ0n) is 6.95. The van der Waals surface area contributed by atoms with Crippen molar-refractivity contribution < 1.29 is 10.2 Å². The number of rotatable bonds is 3. The molecule has 1 aromatic carbocycles. The predicted molar refractivity (Wildman–Crippen MR) is 51.6 cm³/mol. The molecule has 1 aromatic rings. The van der Waals surface area contributed by atoms with Crippen molar-refractivity contribution in [1.29, 1.82) is 0 Å². The van der Waals surface area contributed by atoms with Crippen molar-refractivity contribution >= 4 is 11.8 Å². The van der Waals surface area contributed by atoms with Crippen molar-refractivity contribution in [2.24, 2.45) is 0 Å². The van der Waals surface area contributed by atoms with Crippen molar-refractivity contribution in [3.8, 4) is 11.5 Å². The third-order valence-corrected chi connectivity index (χ3v) is 2.46. The summed E-state index contributed by atoms with van der Waals surface area (Å²) < 4.78 is 0. The Labute approximate surface area is 76.2 Å². The highest BCUT2D eigenvalue weighted by Crippen LogP contribution is 2.26. The molecule has 2 N–H and O–H groups in total. The second kappa shape index (κ2) is 4.26. The van der Waals surface area contributed by atoms with Gasteiger partial charge in [0.1, 0.15) is 0 Å². The van der Waals surface area contributed by atoms with E-state index in [1.54, 1.807) is 17.8 Å². The molecular weight excluding hydrogens is 172 g/mol. The van der Waals surface area contributed by atoms with E-state index in [0.29, 0.717) is 0 Å². The number of benzene rings is 1. The van der Waals surface area contributed by atoms with Crippen LogP contribution in [0.3, 0.4) is 0 Å². The third-order valence-electron chi connectivity index (χ3n) is 1.51. The lowest BCUT2D eigenvalue weighted by molar-refractivity contribution is 0.403. The van der Waals surface area contributed by atoms with Crippen molar-refractivity contribution in [3.05, 3.63) is 23.8 Å². The second-order valence-electron chi connectivity index (χ2n) is 2.46. The molecule has 0 aromatic heterocycles. The first-order valence-electron chi connectivity index (χ1n) is 3.82. The van der Waals surface area contributed by atoms with E-state index in [1.807, 2.05) is 6.07 Å². The third kappa shape index (κ3) is 2.34. The number of hydrogen-bond donors (Lipinski definition) is 2. The van der Waals surface area contributed by atoms with Crippen LogP contribution < -0.4 is 0 Å². The molecule has 3 heteroatoms. The van der Waals surface area contributed by atoms with E-state index in [2.05, 4.69) is 6.92 Å². The molecule has 0 spiro atoms. The van der Waals surface area contributed by atoms with E-state index in [4.69, 9.17) is 10.2 Å². The van der Waals surface area contributed by atoms with E-state index >= 15 is 0 Å². The Morgan fingerprint density at radius 1 is 1.25 bits per heavy atom. The molecule has 12 heavy (non-hydrogen) atoms. The van der Waals surface area contributed by atoms with E-state index in [-0.39, 0.29) is 11.5 Å². The van der Waals surface area contributed by atoms with Crippen LogP contribution in [-0.4, -0.2) is 16.0 Å². The summed E-state index contributed by atoms with van der Waals surface area (Å²) in [5, 5.41) is 18.2. The van der Waals surface area contributed by atoms with Gasteiger partial charge in [-0.05, 0) is 23.4 Å². The summed E-state index contributed by atoms with van der Waals surface area (Å²) in [6.07, 6.45) is 0. The zero-order chi connectivity index (χ0) is 8.97. The lowest BCUT2D eigenvalue weighted by Crippen LogP contribution is -1.80. The highest BCUT2D eigenvalue weighted by molar-refractivity contribution is 7.98.